The van der Waals surface area contributed by atoms with Crippen LogP contribution in [0.1, 0.15) is 12.0 Å². The van der Waals surface area contributed by atoms with Crippen LogP contribution in [0, 0.1) is 22.7 Å². The number of hydrazone groups is 1. The van der Waals surface area contributed by atoms with Crippen LogP contribution < -0.4 is 14.9 Å². The highest BCUT2D eigenvalue weighted by Gasteiger charge is 2.11. The molecule has 0 radical (unpaired) electrons. The Balaban J connectivity index is 2.88. The highest BCUT2D eigenvalue weighted by Crippen LogP contribution is 2.36. The van der Waals surface area contributed by atoms with Gasteiger partial charge in [-0.05, 0) is 33.6 Å². The summed E-state index contributed by atoms with van der Waals surface area (Å²) < 4.78 is 11.0. The molecular weight excluding hydrogens is 340 g/mol. The Morgan fingerprint density at radius 1 is 1.48 bits per heavy atom. The molecule has 1 amide bonds. The van der Waals surface area contributed by atoms with E-state index in [-0.39, 0.29) is 13.0 Å². The number of hydrogen-bond donors (Lipinski definition) is 1. The number of rotatable bonds is 6. The number of ether oxygens (including phenoxy) is 2. The molecule has 0 saturated heterocycles. The first-order valence-corrected chi connectivity index (χ1v) is 6.47. The molecule has 0 spiro atoms. The Kier molecular flexibility index (Phi) is 6.72. The van der Waals surface area contributed by atoms with Gasteiger partial charge in [0.1, 0.15) is 12.5 Å². The van der Waals surface area contributed by atoms with E-state index in [1.54, 1.807) is 18.2 Å². The van der Waals surface area contributed by atoms with E-state index in [4.69, 9.17) is 20.0 Å². The highest BCUT2D eigenvalue weighted by molar-refractivity contribution is 9.10. The Morgan fingerprint density at radius 3 is 2.86 bits per heavy atom. The van der Waals surface area contributed by atoms with E-state index < -0.39 is 5.91 Å². The van der Waals surface area contributed by atoms with E-state index in [1.165, 1.54) is 13.3 Å². The van der Waals surface area contributed by atoms with E-state index in [1.807, 2.05) is 6.07 Å². The summed E-state index contributed by atoms with van der Waals surface area (Å²) in [7, 11) is 1.47. The second-order valence-electron chi connectivity index (χ2n) is 3.61. The number of nitrogens with zero attached hydrogens (tertiary/aromatic N) is 3. The SMILES string of the molecule is COc1cc(/C=N\NC(=O)CC#N)cc(Br)c1OCC#N. The maximum atomic E-state index is 11.1. The zero-order valence-electron chi connectivity index (χ0n) is 11.1. The maximum absolute atomic E-state index is 11.1. The molecule has 0 heterocycles. The van der Waals surface area contributed by atoms with Crippen molar-refractivity contribution in [2.24, 2.45) is 5.10 Å². The van der Waals surface area contributed by atoms with Gasteiger partial charge in [-0.3, -0.25) is 4.79 Å². The number of nitrogens with one attached hydrogen (secondary N) is 1. The van der Waals surface area contributed by atoms with Gasteiger partial charge in [-0.1, -0.05) is 0 Å². The first kappa shape index (κ1) is 16.5. The molecule has 0 aliphatic rings. The van der Waals surface area contributed by atoms with Crippen LogP contribution in [0.25, 0.3) is 0 Å². The molecule has 0 atom stereocenters. The van der Waals surface area contributed by atoms with Crippen LogP contribution in [0.5, 0.6) is 11.5 Å². The molecule has 1 aromatic carbocycles. The summed E-state index contributed by atoms with van der Waals surface area (Å²) in [5, 5.41) is 20.6. The number of amides is 1. The fourth-order valence-electron chi connectivity index (χ4n) is 1.35. The lowest BCUT2D eigenvalue weighted by molar-refractivity contribution is -0.120. The Hall–Kier alpha value is -2.58. The van der Waals surface area contributed by atoms with Gasteiger partial charge < -0.3 is 9.47 Å². The lowest BCUT2D eigenvalue weighted by Gasteiger charge is -2.11. The number of methoxy groups -OCH3 is 1. The van der Waals surface area contributed by atoms with Gasteiger partial charge in [-0.15, -0.1) is 0 Å². The topological polar surface area (TPSA) is 108 Å². The van der Waals surface area contributed by atoms with Gasteiger partial charge in [-0.25, -0.2) is 5.43 Å². The van der Waals surface area contributed by atoms with Crippen LogP contribution in [0.3, 0.4) is 0 Å². The lowest BCUT2D eigenvalue weighted by atomic mass is 10.2. The van der Waals surface area contributed by atoms with Crippen molar-refractivity contribution in [3.05, 3.63) is 22.2 Å². The first-order valence-electron chi connectivity index (χ1n) is 5.68. The predicted molar refractivity (Wildman–Crippen MR) is 77.8 cm³/mol. The monoisotopic (exact) mass is 350 g/mol. The number of benzene rings is 1. The summed E-state index contributed by atoms with van der Waals surface area (Å²) in [6.07, 6.45) is 1.14. The average molecular weight is 351 g/mol. The van der Waals surface area contributed by atoms with Crippen LogP contribution in [-0.2, 0) is 4.79 Å². The predicted octanol–water partition coefficient (Wildman–Crippen LogP) is 1.72. The minimum absolute atomic E-state index is 0.105. The molecule has 0 saturated carbocycles. The zero-order chi connectivity index (χ0) is 15.7. The standard InChI is InChI=1S/C13H11BrN4O3/c1-20-11-7-9(8-17-18-12(19)2-3-15)6-10(14)13(11)21-5-4-16/h6-8H,2,5H2,1H3,(H,18,19)/b17-8-. The third kappa shape index (κ3) is 5.13. The molecule has 1 N–H and O–H groups in total. The second-order valence-corrected chi connectivity index (χ2v) is 4.46. The maximum Gasteiger partial charge on any atom is 0.254 e. The van der Waals surface area contributed by atoms with Gasteiger partial charge in [0.25, 0.3) is 5.91 Å². The van der Waals surface area contributed by atoms with E-state index in [9.17, 15) is 4.79 Å². The lowest BCUT2D eigenvalue weighted by Crippen LogP contribution is -2.16. The third-order valence-electron chi connectivity index (χ3n) is 2.18. The summed E-state index contributed by atoms with van der Waals surface area (Å²) >= 11 is 3.31. The van der Waals surface area contributed by atoms with E-state index in [2.05, 4.69) is 26.5 Å². The molecule has 0 unspecified atom stereocenters. The van der Waals surface area contributed by atoms with Crippen LogP contribution in [0.2, 0.25) is 0 Å². The smallest absolute Gasteiger partial charge is 0.254 e. The summed E-state index contributed by atoms with van der Waals surface area (Å²) in [6, 6.07) is 6.91. The summed E-state index contributed by atoms with van der Waals surface area (Å²) in [5.41, 5.74) is 2.85. The van der Waals surface area contributed by atoms with Crippen LogP contribution in [0.15, 0.2) is 21.7 Å². The Morgan fingerprint density at radius 2 is 2.24 bits per heavy atom. The van der Waals surface area contributed by atoms with Gasteiger partial charge in [0, 0.05) is 0 Å². The highest BCUT2D eigenvalue weighted by atomic mass is 79.9. The number of hydrogen-bond acceptors (Lipinski definition) is 6. The van der Waals surface area contributed by atoms with Crippen LogP contribution in [0.4, 0.5) is 0 Å². The van der Waals surface area contributed by atoms with Gasteiger partial charge in [0.2, 0.25) is 0 Å². The second kappa shape index (κ2) is 8.56. The van der Waals surface area contributed by atoms with Gasteiger partial charge >= 0.3 is 0 Å². The van der Waals surface area contributed by atoms with Crippen molar-refractivity contribution in [3.8, 4) is 23.6 Å². The molecule has 21 heavy (non-hydrogen) atoms. The van der Waals surface area contributed by atoms with Crippen molar-refractivity contribution >= 4 is 28.1 Å². The number of halogens is 1. The van der Waals surface area contributed by atoms with E-state index in [0.717, 1.165) is 0 Å². The number of nitriles is 2. The van der Waals surface area contributed by atoms with Gasteiger partial charge in [0.15, 0.2) is 18.1 Å². The quantitative estimate of drug-likeness (QED) is 0.620. The van der Waals surface area contributed by atoms with Crippen molar-refractivity contribution in [1.82, 2.24) is 5.43 Å². The molecule has 0 aliphatic carbocycles. The molecule has 1 aromatic rings. The fraction of sp³-hybridized carbons (Fsp3) is 0.231. The van der Waals surface area contributed by atoms with E-state index in [0.29, 0.717) is 21.5 Å². The van der Waals surface area contributed by atoms with Crippen molar-refractivity contribution in [1.29, 1.82) is 10.5 Å². The third-order valence-corrected chi connectivity index (χ3v) is 2.76. The van der Waals surface area contributed by atoms with Gasteiger partial charge in [0.05, 0.1) is 23.9 Å². The van der Waals surface area contributed by atoms with Crippen molar-refractivity contribution in [2.45, 2.75) is 6.42 Å². The molecule has 7 nitrogen and oxygen atoms in total. The minimum Gasteiger partial charge on any atom is -0.493 e. The average Bonchev–Trinajstić information content (AvgIpc) is 2.46. The number of carbonyl (C=O) groups excluding carboxylic acids is 1. The normalized spacial score (nSPS) is 9.71. The molecule has 0 fully saturated rings. The summed E-state index contributed by atoms with van der Waals surface area (Å²) in [4.78, 5) is 11.1. The van der Waals surface area contributed by atoms with Gasteiger partial charge in [-0.2, -0.15) is 15.6 Å². The molecule has 0 bridgehead atoms. The fourth-order valence-corrected chi connectivity index (χ4v) is 1.92. The van der Waals surface area contributed by atoms with Crippen LogP contribution >= 0.6 is 15.9 Å². The summed E-state index contributed by atoms with van der Waals surface area (Å²) in [6.45, 7) is -0.105. The molecule has 8 heteroatoms. The largest absolute Gasteiger partial charge is 0.493 e. The Labute approximate surface area is 129 Å². The molecule has 108 valence electrons. The van der Waals surface area contributed by atoms with Crippen molar-refractivity contribution < 1.29 is 14.3 Å². The zero-order valence-corrected chi connectivity index (χ0v) is 12.7. The minimum atomic E-state index is -0.492. The van der Waals surface area contributed by atoms with E-state index >= 15 is 0 Å². The molecule has 1 rings (SSSR count). The first-order chi connectivity index (χ1) is 10.1. The molecule has 0 aromatic heterocycles. The molecular formula is C13H11BrN4O3. The van der Waals surface area contributed by atoms with Crippen LogP contribution in [-0.4, -0.2) is 25.8 Å². The van der Waals surface area contributed by atoms with Crippen molar-refractivity contribution in [3.63, 3.8) is 0 Å². The number of carbonyl (C=O) groups is 1. The summed E-state index contributed by atoms with van der Waals surface area (Å²) in [5.74, 6) is 0.336. The molecule has 0 aliphatic heterocycles. The van der Waals surface area contributed by atoms with Crippen molar-refractivity contribution in [2.75, 3.05) is 13.7 Å². The Bertz CT molecular complexity index is 632.